The van der Waals surface area contributed by atoms with Crippen LogP contribution in [-0.2, 0) is 11.3 Å². The van der Waals surface area contributed by atoms with Gasteiger partial charge in [-0.2, -0.15) is 5.26 Å². The Morgan fingerprint density at radius 1 is 1.30 bits per heavy atom. The highest BCUT2D eigenvalue weighted by molar-refractivity contribution is 7.99. The standard InChI is InChI=1S/C21H20FN5O2S/c22-16-6-8-17(9-7-16)26(11-2-10-23)19(28)14-30-21-25-24-20(15-4-5-15)27(21)13-18-3-1-12-29-18/h1,3,6-9,12,15H,2,4-5,11,13-14H2. The predicted molar refractivity (Wildman–Crippen MR) is 110 cm³/mol. The highest BCUT2D eigenvalue weighted by atomic mass is 32.2. The number of nitriles is 1. The molecule has 1 amide bonds. The Bertz CT molecular complexity index is 1040. The number of thioether (sulfide) groups is 1. The SMILES string of the molecule is N#CCCN(C(=O)CSc1nnc(C2CC2)n1Cc1ccco1)c1ccc(F)cc1. The van der Waals surface area contributed by atoms with E-state index in [1.165, 1.54) is 28.8 Å². The van der Waals surface area contributed by atoms with Crippen LogP contribution in [0.15, 0.2) is 52.2 Å². The minimum atomic E-state index is -0.376. The van der Waals surface area contributed by atoms with Crippen LogP contribution >= 0.6 is 11.8 Å². The van der Waals surface area contributed by atoms with Gasteiger partial charge in [0.25, 0.3) is 0 Å². The van der Waals surface area contributed by atoms with Gasteiger partial charge in [0, 0.05) is 18.2 Å². The molecule has 0 atom stereocenters. The molecule has 0 saturated heterocycles. The predicted octanol–water partition coefficient (Wildman–Crippen LogP) is 3.97. The fourth-order valence-corrected chi connectivity index (χ4v) is 3.96. The van der Waals surface area contributed by atoms with Crippen LogP contribution in [0.5, 0.6) is 0 Å². The van der Waals surface area contributed by atoms with Crippen molar-refractivity contribution >= 4 is 23.4 Å². The molecule has 0 spiro atoms. The fourth-order valence-electron chi connectivity index (χ4n) is 3.14. The van der Waals surface area contributed by atoms with Crippen LogP contribution in [0.1, 0.15) is 36.8 Å². The number of rotatable bonds is 9. The first-order valence-corrected chi connectivity index (χ1v) is 10.7. The monoisotopic (exact) mass is 425 g/mol. The lowest BCUT2D eigenvalue weighted by Gasteiger charge is -2.21. The van der Waals surface area contributed by atoms with Crippen molar-refractivity contribution in [2.24, 2.45) is 0 Å². The first kappa shape index (κ1) is 20.2. The Morgan fingerprint density at radius 2 is 2.10 bits per heavy atom. The van der Waals surface area contributed by atoms with Crippen LogP contribution in [-0.4, -0.2) is 33.0 Å². The first-order valence-electron chi connectivity index (χ1n) is 9.67. The Labute approximate surface area is 177 Å². The quantitative estimate of drug-likeness (QED) is 0.482. The number of nitrogens with zero attached hydrogens (tertiary/aromatic N) is 5. The second kappa shape index (κ2) is 9.13. The van der Waals surface area contributed by atoms with E-state index in [0.717, 1.165) is 24.4 Å². The van der Waals surface area contributed by atoms with E-state index in [-0.39, 0.29) is 30.4 Å². The summed E-state index contributed by atoms with van der Waals surface area (Å²) in [7, 11) is 0. The van der Waals surface area contributed by atoms with Crippen LogP contribution in [0.2, 0.25) is 0 Å². The summed E-state index contributed by atoms with van der Waals surface area (Å²) in [5.74, 6) is 1.70. The van der Waals surface area contributed by atoms with Gasteiger partial charge >= 0.3 is 0 Å². The summed E-state index contributed by atoms with van der Waals surface area (Å²) >= 11 is 1.30. The molecule has 0 radical (unpaired) electrons. The number of hydrogen-bond donors (Lipinski definition) is 0. The molecule has 30 heavy (non-hydrogen) atoms. The van der Waals surface area contributed by atoms with Crippen molar-refractivity contribution in [3.8, 4) is 6.07 Å². The second-order valence-corrected chi connectivity index (χ2v) is 7.94. The molecule has 7 nitrogen and oxygen atoms in total. The molecular weight excluding hydrogens is 405 g/mol. The third-order valence-electron chi connectivity index (χ3n) is 4.79. The van der Waals surface area contributed by atoms with E-state index in [9.17, 15) is 9.18 Å². The third-order valence-corrected chi connectivity index (χ3v) is 5.74. The largest absolute Gasteiger partial charge is 0.467 e. The van der Waals surface area contributed by atoms with E-state index in [1.54, 1.807) is 18.4 Å². The van der Waals surface area contributed by atoms with Gasteiger partial charge in [0.2, 0.25) is 5.91 Å². The lowest BCUT2D eigenvalue weighted by Crippen LogP contribution is -2.33. The van der Waals surface area contributed by atoms with Crippen LogP contribution in [0.4, 0.5) is 10.1 Å². The van der Waals surface area contributed by atoms with Crippen LogP contribution in [0.25, 0.3) is 0 Å². The van der Waals surface area contributed by atoms with Gasteiger partial charge in [0.05, 0.1) is 31.1 Å². The molecule has 2 aromatic heterocycles. The van der Waals surface area contributed by atoms with Crippen LogP contribution < -0.4 is 4.90 Å². The summed E-state index contributed by atoms with van der Waals surface area (Å²) in [6.07, 6.45) is 4.00. The molecular formula is C21H20FN5O2S. The highest BCUT2D eigenvalue weighted by Crippen LogP contribution is 2.40. The van der Waals surface area contributed by atoms with Crippen molar-refractivity contribution in [3.05, 3.63) is 60.1 Å². The maximum atomic E-state index is 13.3. The van der Waals surface area contributed by atoms with Gasteiger partial charge in [-0.1, -0.05) is 11.8 Å². The minimum Gasteiger partial charge on any atom is -0.467 e. The third kappa shape index (κ3) is 4.71. The molecule has 1 fully saturated rings. The lowest BCUT2D eigenvalue weighted by atomic mass is 10.2. The molecule has 9 heteroatoms. The Balaban J connectivity index is 1.49. The van der Waals surface area contributed by atoms with Gasteiger partial charge in [0.1, 0.15) is 17.4 Å². The summed E-state index contributed by atoms with van der Waals surface area (Å²) in [4.78, 5) is 14.4. The summed E-state index contributed by atoms with van der Waals surface area (Å²) in [5, 5.41) is 18.2. The second-order valence-electron chi connectivity index (χ2n) is 7.00. The summed E-state index contributed by atoms with van der Waals surface area (Å²) in [5.41, 5.74) is 0.563. The van der Waals surface area contributed by atoms with E-state index in [0.29, 0.717) is 23.3 Å². The zero-order valence-electron chi connectivity index (χ0n) is 16.2. The summed E-state index contributed by atoms with van der Waals surface area (Å²) in [6, 6.07) is 11.5. The zero-order chi connectivity index (χ0) is 20.9. The number of carbonyl (C=O) groups excluding carboxylic acids is 1. The number of aromatic nitrogens is 3. The molecule has 2 heterocycles. The maximum absolute atomic E-state index is 13.3. The smallest absolute Gasteiger partial charge is 0.237 e. The molecule has 0 N–H and O–H groups in total. The number of halogens is 1. The Kier molecular flexibility index (Phi) is 6.14. The number of carbonyl (C=O) groups is 1. The molecule has 3 aromatic rings. The molecule has 0 bridgehead atoms. The summed E-state index contributed by atoms with van der Waals surface area (Å²) < 4.78 is 20.7. The van der Waals surface area contributed by atoms with Crippen molar-refractivity contribution < 1.29 is 13.6 Å². The molecule has 0 aliphatic heterocycles. The first-order chi connectivity index (χ1) is 14.7. The number of anilines is 1. The van der Waals surface area contributed by atoms with Gasteiger partial charge in [-0.3, -0.25) is 9.36 Å². The molecule has 1 aliphatic rings. The Hall–Kier alpha value is -3.12. The van der Waals surface area contributed by atoms with E-state index < -0.39 is 0 Å². The number of benzene rings is 1. The molecule has 1 saturated carbocycles. The van der Waals surface area contributed by atoms with E-state index in [4.69, 9.17) is 9.68 Å². The van der Waals surface area contributed by atoms with Crippen molar-refractivity contribution in [1.29, 1.82) is 5.26 Å². The fraction of sp³-hybridized carbons (Fsp3) is 0.333. The number of amides is 1. The zero-order valence-corrected chi connectivity index (χ0v) is 17.0. The molecule has 1 aromatic carbocycles. The molecule has 0 unspecified atom stereocenters. The highest BCUT2D eigenvalue weighted by Gasteiger charge is 2.31. The van der Waals surface area contributed by atoms with E-state index in [1.807, 2.05) is 16.7 Å². The summed E-state index contributed by atoms with van der Waals surface area (Å²) in [6.45, 7) is 0.756. The average molecular weight is 425 g/mol. The molecule has 154 valence electrons. The lowest BCUT2D eigenvalue weighted by molar-refractivity contribution is -0.116. The van der Waals surface area contributed by atoms with E-state index in [2.05, 4.69) is 16.3 Å². The number of hydrogen-bond acceptors (Lipinski definition) is 6. The van der Waals surface area contributed by atoms with Gasteiger partial charge in [-0.15, -0.1) is 10.2 Å². The van der Waals surface area contributed by atoms with Gasteiger partial charge < -0.3 is 9.32 Å². The normalized spacial score (nSPS) is 13.2. The average Bonchev–Trinajstić information content (AvgIpc) is 3.31. The topological polar surface area (TPSA) is 88.0 Å². The van der Waals surface area contributed by atoms with Gasteiger partial charge in [-0.25, -0.2) is 4.39 Å². The molecule has 4 rings (SSSR count). The van der Waals surface area contributed by atoms with Crippen molar-refractivity contribution in [1.82, 2.24) is 14.8 Å². The maximum Gasteiger partial charge on any atom is 0.237 e. The van der Waals surface area contributed by atoms with Gasteiger partial charge in [-0.05, 0) is 49.2 Å². The number of furan rings is 1. The van der Waals surface area contributed by atoms with Crippen molar-refractivity contribution in [3.63, 3.8) is 0 Å². The van der Waals surface area contributed by atoms with Crippen molar-refractivity contribution in [2.75, 3.05) is 17.2 Å². The van der Waals surface area contributed by atoms with E-state index >= 15 is 0 Å². The van der Waals surface area contributed by atoms with Gasteiger partial charge in [0.15, 0.2) is 5.16 Å². The van der Waals surface area contributed by atoms with Crippen LogP contribution in [0, 0.1) is 17.1 Å². The van der Waals surface area contributed by atoms with Crippen molar-refractivity contribution in [2.45, 2.75) is 36.9 Å². The Morgan fingerprint density at radius 3 is 2.77 bits per heavy atom. The van der Waals surface area contributed by atoms with Crippen LogP contribution in [0.3, 0.4) is 0 Å². The molecule has 1 aliphatic carbocycles. The minimum absolute atomic E-state index is 0.129.